The number of amides is 1. The van der Waals surface area contributed by atoms with Gasteiger partial charge in [-0.15, -0.1) is 10.2 Å². The highest BCUT2D eigenvalue weighted by molar-refractivity contribution is 6.29. The number of benzene rings is 1. The van der Waals surface area contributed by atoms with E-state index in [2.05, 4.69) is 20.4 Å². The lowest BCUT2D eigenvalue weighted by Crippen LogP contribution is -2.41. The highest BCUT2D eigenvalue weighted by Crippen LogP contribution is 2.27. The maximum Gasteiger partial charge on any atom is 0.223 e. The zero-order valence-corrected chi connectivity index (χ0v) is 16.9. The van der Waals surface area contributed by atoms with Crippen LogP contribution < -0.4 is 19.7 Å². The van der Waals surface area contributed by atoms with E-state index >= 15 is 0 Å². The summed E-state index contributed by atoms with van der Waals surface area (Å²) < 4.78 is 10.6. The maximum absolute atomic E-state index is 12.5. The smallest absolute Gasteiger partial charge is 0.223 e. The Labute approximate surface area is 170 Å². The van der Waals surface area contributed by atoms with E-state index in [1.165, 1.54) is 0 Å². The third-order valence-electron chi connectivity index (χ3n) is 4.97. The second-order valence-electron chi connectivity index (χ2n) is 6.71. The normalized spacial score (nSPS) is 14.6. The number of halogens is 1. The van der Waals surface area contributed by atoms with Crippen LogP contribution in [0, 0.1) is 5.92 Å². The molecule has 2 heterocycles. The first-order valence-corrected chi connectivity index (χ1v) is 9.71. The van der Waals surface area contributed by atoms with Crippen molar-refractivity contribution in [2.24, 2.45) is 5.92 Å². The monoisotopic (exact) mass is 404 g/mol. The first-order valence-electron chi connectivity index (χ1n) is 9.33. The minimum atomic E-state index is 0.0295. The van der Waals surface area contributed by atoms with Gasteiger partial charge >= 0.3 is 0 Å². The number of methoxy groups -OCH3 is 2. The first-order chi connectivity index (χ1) is 13.6. The second-order valence-corrected chi connectivity index (χ2v) is 7.09. The van der Waals surface area contributed by atoms with Crippen LogP contribution >= 0.6 is 11.6 Å². The van der Waals surface area contributed by atoms with Gasteiger partial charge in [0.2, 0.25) is 5.91 Å². The number of ether oxygens (including phenoxy) is 2. The van der Waals surface area contributed by atoms with Crippen LogP contribution in [-0.4, -0.2) is 50.0 Å². The fourth-order valence-electron chi connectivity index (χ4n) is 3.36. The summed E-state index contributed by atoms with van der Waals surface area (Å²) in [5, 5.41) is 11.4. The Balaban J connectivity index is 1.44. The van der Waals surface area contributed by atoms with E-state index < -0.39 is 0 Å². The third-order valence-corrected chi connectivity index (χ3v) is 5.17. The number of aromatic nitrogens is 2. The highest BCUT2D eigenvalue weighted by atomic mass is 35.5. The lowest BCUT2D eigenvalue weighted by Gasteiger charge is -2.31. The lowest BCUT2D eigenvalue weighted by atomic mass is 9.96. The summed E-state index contributed by atoms with van der Waals surface area (Å²) in [7, 11) is 3.23. The van der Waals surface area contributed by atoms with Crippen LogP contribution in [0.3, 0.4) is 0 Å². The number of piperidine rings is 1. The van der Waals surface area contributed by atoms with Gasteiger partial charge in [-0.1, -0.05) is 17.7 Å². The number of hydrogen-bond acceptors (Lipinski definition) is 6. The molecule has 2 aromatic rings. The number of carbonyl (C=O) groups is 1. The molecular formula is C20H25ClN4O3. The van der Waals surface area contributed by atoms with Crippen LogP contribution in [0.2, 0.25) is 5.15 Å². The summed E-state index contributed by atoms with van der Waals surface area (Å²) >= 11 is 5.78. The van der Waals surface area contributed by atoms with Crippen LogP contribution in [0.15, 0.2) is 30.3 Å². The Bertz CT molecular complexity index is 793. The summed E-state index contributed by atoms with van der Waals surface area (Å²) in [6, 6.07) is 9.40. The van der Waals surface area contributed by atoms with Gasteiger partial charge in [0, 0.05) is 25.6 Å². The van der Waals surface area contributed by atoms with Crippen LogP contribution in [0.4, 0.5) is 5.82 Å². The van der Waals surface area contributed by atoms with E-state index in [0.29, 0.717) is 23.2 Å². The van der Waals surface area contributed by atoms with E-state index in [1.807, 2.05) is 24.3 Å². The van der Waals surface area contributed by atoms with Crippen LogP contribution in [0.25, 0.3) is 0 Å². The predicted octanol–water partition coefficient (Wildman–Crippen LogP) is 2.72. The number of nitrogens with zero attached hydrogens (tertiary/aromatic N) is 3. The molecule has 150 valence electrons. The molecule has 0 bridgehead atoms. The maximum atomic E-state index is 12.5. The number of nitrogens with one attached hydrogen (secondary N) is 1. The zero-order chi connectivity index (χ0) is 19.9. The molecular weight excluding hydrogens is 380 g/mol. The molecule has 3 rings (SSSR count). The fourth-order valence-corrected chi connectivity index (χ4v) is 3.46. The van der Waals surface area contributed by atoms with Crippen molar-refractivity contribution in [1.82, 2.24) is 15.5 Å². The van der Waals surface area contributed by atoms with Gasteiger partial charge in [0.25, 0.3) is 0 Å². The molecule has 0 radical (unpaired) electrons. The molecule has 1 aromatic heterocycles. The molecule has 7 nitrogen and oxygen atoms in total. The molecule has 1 N–H and O–H groups in total. The second kappa shape index (κ2) is 9.59. The molecule has 1 aliphatic heterocycles. The van der Waals surface area contributed by atoms with Gasteiger partial charge in [-0.2, -0.15) is 0 Å². The first kappa shape index (κ1) is 20.2. The van der Waals surface area contributed by atoms with Gasteiger partial charge in [-0.05, 0) is 49.1 Å². The Hall–Kier alpha value is -2.54. The number of anilines is 1. The zero-order valence-electron chi connectivity index (χ0n) is 16.2. The number of carbonyl (C=O) groups excluding carboxylic acids is 1. The van der Waals surface area contributed by atoms with Crippen LogP contribution in [-0.2, 0) is 11.2 Å². The molecule has 0 atom stereocenters. The fraction of sp³-hybridized carbons (Fsp3) is 0.450. The molecule has 0 aliphatic carbocycles. The molecule has 1 aliphatic rings. The summed E-state index contributed by atoms with van der Waals surface area (Å²) in [6.45, 7) is 2.16. The van der Waals surface area contributed by atoms with Crippen molar-refractivity contribution >= 4 is 23.3 Å². The SMILES string of the molecule is COc1ccc(CCNC(=O)C2CCN(c3ccc(Cl)nn3)CC2)cc1OC. The average molecular weight is 405 g/mol. The summed E-state index contributed by atoms with van der Waals surface area (Å²) in [6.07, 6.45) is 2.34. The van der Waals surface area contributed by atoms with Crippen molar-refractivity contribution in [3.63, 3.8) is 0 Å². The van der Waals surface area contributed by atoms with E-state index in [9.17, 15) is 4.79 Å². The van der Waals surface area contributed by atoms with Gasteiger partial charge in [-0.25, -0.2) is 0 Å². The van der Waals surface area contributed by atoms with E-state index in [-0.39, 0.29) is 11.8 Å². The van der Waals surface area contributed by atoms with Crippen LogP contribution in [0.5, 0.6) is 11.5 Å². The van der Waals surface area contributed by atoms with Crippen molar-refractivity contribution in [3.8, 4) is 11.5 Å². The van der Waals surface area contributed by atoms with E-state index in [1.54, 1.807) is 20.3 Å². The van der Waals surface area contributed by atoms with Crippen LogP contribution in [0.1, 0.15) is 18.4 Å². The molecule has 0 unspecified atom stereocenters. The van der Waals surface area contributed by atoms with Crippen molar-refractivity contribution in [2.45, 2.75) is 19.3 Å². The summed E-state index contributed by atoms with van der Waals surface area (Å²) in [5.74, 6) is 2.34. The quantitative estimate of drug-likeness (QED) is 0.764. The highest BCUT2D eigenvalue weighted by Gasteiger charge is 2.25. The number of hydrogen-bond donors (Lipinski definition) is 1. The molecule has 1 fully saturated rings. The summed E-state index contributed by atoms with van der Waals surface area (Å²) in [4.78, 5) is 14.6. The molecule has 1 saturated heterocycles. The lowest BCUT2D eigenvalue weighted by molar-refractivity contribution is -0.125. The molecule has 0 saturated carbocycles. The molecule has 28 heavy (non-hydrogen) atoms. The minimum Gasteiger partial charge on any atom is -0.493 e. The number of rotatable bonds is 7. The topological polar surface area (TPSA) is 76.6 Å². The van der Waals surface area contributed by atoms with Crippen molar-refractivity contribution in [2.75, 3.05) is 38.8 Å². The van der Waals surface area contributed by atoms with E-state index in [0.717, 1.165) is 43.7 Å². The average Bonchev–Trinajstić information content (AvgIpc) is 2.74. The molecule has 1 aromatic carbocycles. The van der Waals surface area contributed by atoms with Crippen molar-refractivity contribution in [1.29, 1.82) is 0 Å². The Morgan fingerprint density at radius 2 is 1.89 bits per heavy atom. The molecule has 0 spiro atoms. The van der Waals surface area contributed by atoms with Gasteiger partial charge < -0.3 is 19.7 Å². The standard InChI is InChI=1S/C20H25ClN4O3/c1-27-16-4-3-14(13-17(16)28-2)7-10-22-20(26)15-8-11-25(12-9-15)19-6-5-18(21)23-24-19/h3-6,13,15H,7-12H2,1-2H3,(H,22,26). The Morgan fingerprint density at radius 1 is 1.14 bits per heavy atom. The van der Waals surface area contributed by atoms with Crippen molar-refractivity contribution in [3.05, 3.63) is 41.0 Å². The van der Waals surface area contributed by atoms with Crippen molar-refractivity contribution < 1.29 is 14.3 Å². The van der Waals surface area contributed by atoms with Gasteiger partial charge in [-0.3, -0.25) is 4.79 Å². The molecule has 8 heteroatoms. The predicted molar refractivity (Wildman–Crippen MR) is 108 cm³/mol. The minimum absolute atomic E-state index is 0.0295. The Kier molecular flexibility index (Phi) is 6.92. The van der Waals surface area contributed by atoms with E-state index in [4.69, 9.17) is 21.1 Å². The largest absolute Gasteiger partial charge is 0.493 e. The molecule has 1 amide bonds. The van der Waals surface area contributed by atoms with Gasteiger partial charge in [0.05, 0.1) is 14.2 Å². The van der Waals surface area contributed by atoms with Gasteiger partial charge in [0.15, 0.2) is 22.5 Å². The third kappa shape index (κ3) is 5.04. The Morgan fingerprint density at radius 3 is 2.54 bits per heavy atom. The van der Waals surface area contributed by atoms with Gasteiger partial charge in [0.1, 0.15) is 0 Å². The summed E-state index contributed by atoms with van der Waals surface area (Å²) in [5.41, 5.74) is 1.09.